The highest BCUT2D eigenvalue weighted by atomic mass is 32.2. The van der Waals surface area contributed by atoms with E-state index in [0.29, 0.717) is 11.8 Å². The van der Waals surface area contributed by atoms with E-state index in [4.69, 9.17) is 5.73 Å². The summed E-state index contributed by atoms with van der Waals surface area (Å²) in [6.07, 6.45) is 10.7. The lowest BCUT2D eigenvalue weighted by molar-refractivity contribution is 0.515. The van der Waals surface area contributed by atoms with E-state index < -0.39 is 0 Å². The maximum Gasteiger partial charge on any atom is 0.0437 e. The van der Waals surface area contributed by atoms with Crippen molar-refractivity contribution in [1.82, 2.24) is 4.98 Å². The Morgan fingerprint density at radius 3 is 2.81 bits per heavy atom. The molecule has 1 fully saturated rings. The Balaban J connectivity index is 1.94. The molecule has 1 atom stereocenters. The summed E-state index contributed by atoms with van der Waals surface area (Å²) in [5, 5.41) is 1.24. The van der Waals surface area contributed by atoms with E-state index in [0.717, 1.165) is 5.25 Å². The highest BCUT2D eigenvalue weighted by Gasteiger charge is 2.19. The molecule has 2 rings (SSSR count). The smallest absolute Gasteiger partial charge is 0.0437 e. The van der Waals surface area contributed by atoms with Crippen molar-refractivity contribution in [3.05, 3.63) is 30.1 Å². The highest BCUT2D eigenvalue weighted by Crippen LogP contribution is 2.37. The lowest BCUT2D eigenvalue weighted by Crippen LogP contribution is -2.16. The van der Waals surface area contributed by atoms with Gasteiger partial charge in [-0.15, -0.1) is 11.8 Å². The zero-order chi connectivity index (χ0) is 11.2. The van der Waals surface area contributed by atoms with Crippen LogP contribution in [0.1, 0.15) is 42.9 Å². The van der Waals surface area contributed by atoms with Gasteiger partial charge in [0.2, 0.25) is 0 Å². The van der Waals surface area contributed by atoms with Crippen molar-refractivity contribution in [1.29, 1.82) is 0 Å². The van der Waals surface area contributed by atoms with Gasteiger partial charge in [0, 0.05) is 29.4 Å². The number of hydrogen-bond donors (Lipinski definition) is 1. The first-order valence-electron chi connectivity index (χ1n) is 6.15. The van der Waals surface area contributed by atoms with E-state index in [1.54, 1.807) is 0 Å². The SMILES string of the molecule is NCC(SC1CCCCC1)c1cccnc1. The second kappa shape index (κ2) is 6.26. The normalized spacial score (nSPS) is 19.6. The topological polar surface area (TPSA) is 38.9 Å². The number of pyridine rings is 1. The standard InChI is InChI=1S/C13H20N2S/c14-9-13(11-5-4-8-15-10-11)16-12-6-2-1-3-7-12/h4-5,8,10,12-13H,1-3,6-7,9,14H2. The average Bonchev–Trinajstić information content (AvgIpc) is 2.38. The summed E-state index contributed by atoms with van der Waals surface area (Å²) in [7, 11) is 0. The van der Waals surface area contributed by atoms with Gasteiger partial charge in [-0.3, -0.25) is 4.98 Å². The van der Waals surface area contributed by atoms with E-state index in [1.807, 2.05) is 18.5 Å². The van der Waals surface area contributed by atoms with Crippen molar-refractivity contribution < 1.29 is 0 Å². The zero-order valence-electron chi connectivity index (χ0n) is 9.64. The Morgan fingerprint density at radius 2 is 2.19 bits per heavy atom. The van der Waals surface area contributed by atoms with Gasteiger partial charge in [0.05, 0.1) is 0 Å². The molecule has 0 aliphatic heterocycles. The maximum absolute atomic E-state index is 5.87. The molecule has 1 saturated carbocycles. The molecule has 1 aliphatic rings. The van der Waals surface area contributed by atoms with Crippen LogP contribution >= 0.6 is 11.8 Å². The quantitative estimate of drug-likeness (QED) is 0.873. The molecule has 2 N–H and O–H groups in total. The minimum atomic E-state index is 0.428. The Hall–Kier alpha value is -0.540. The first-order chi connectivity index (χ1) is 7.90. The molecular formula is C13H20N2S. The molecule has 1 aliphatic carbocycles. The predicted octanol–water partition coefficient (Wildman–Crippen LogP) is 3.15. The lowest BCUT2D eigenvalue weighted by Gasteiger charge is -2.25. The van der Waals surface area contributed by atoms with E-state index in [9.17, 15) is 0 Å². The molecule has 0 aromatic carbocycles. The molecular weight excluding hydrogens is 216 g/mol. The van der Waals surface area contributed by atoms with Crippen molar-refractivity contribution in [3.8, 4) is 0 Å². The summed E-state index contributed by atoms with van der Waals surface area (Å²) in [4.78, 5) is 4.18. The van der Waals surface area contributed by atoms with Crippen LogP contribution in [0.5, 0.6) is 0 Å². The molecule has 88 valence electrons. The summed E-state index contributed by atoms with van der Waals surface area (Å²) in [6.45, 7) is 0.715. The number of hydrogen-bond acceptors (Lipinski definition) is 3. The monoisotopic (exact) mass is 236 g/mol. The Kier molecular flexibility index (Phi) is 4.67. The van der Waals surface area contributed by atoms with Gasteiger partial charge in [0.25, 0.3) is 0 Å². The Morgan fingerprint density at radius 1 is 1.38 bits per heavy atom. The largest absolute Gasteiger partial charge is 0.329 e. The number of thioether (sulfide) groups is 1. The fourth-order valence-electron chi connectivity index (χ4n) is 2.27. The summed E-state index contributed by atoms with van der Waals surface area (Å²) < 4.78 is 0. The molecule has 1 unspecified atom stereocenters. The summed E-state index contributed by atoms with van der Waals surface area (Å²) in [5.41, 5.74) is 7.15. The van der Waals surface area contributed by atoms with Crippen LogP contribution in [0, 0.1) is 0 Å². The molecule has 16 heavy (non-hydrogen) atoms. The van der Waals surface area contributed by atoms with Gasteiger partial charge >= 0.3 is 0 Å². The van der Waals surface area contributed by atoms with E-state index in [2.05, 4.69) is 22.8 Å². The van der Waals surface area contributed by atoms with Gasteiger partial charge in [-0.1, -0.05) is 25.3 Å². The van der Waals surface area contributed by atoms with Crippen LogP contribution in [-0.4, -0.2) is 16.8 Å². The van der Waals surface area contributed by atoms with Crippen LogP contribution in [0.3, 0.4) is 0 Å². The minimum absolute atomic E-state index is 0.428. The lowest BCUT2D eigenvalue weighted by atomic mass is 10.0. The van der Waals surface area contributed by atoms with Gasteiger partial charge in [0.1, 0.15) is 0 Å². The van der Waals surface area contributed by atoms with Gasteiger partial charge in [-0.2, -0.15) is 0 Å². The van der Waals surface area contributed by atoms with Crippen LogP contribution in [0.15, 0.2) is 24.5 Å². The molecule has 1 aromatic rings. The number of nitrogens with zero attached hydrogens (tertiary/aromatic N) is 1. The third kappa shape index (κ3) is 3.22. The molecule has 3 heteroatoms. The molecule has 0 saturated heterocycles. The predicted molar refractivity (Wildman–Crippen MR) is 70.5 cm³/mol. The van der Waals surface area contributed by atoms with Crippen LogP contribution in [0.4, 0.5) is 0 Å². The minimum Gasteiger partial charge on any atom is -0.329 e. The first-order valence-corrected chi connectivity index (χ1v) is 7.10. The number of aromatic nitrogens is 1. The number of nitrogens with two attached hydrogens (primary N) is 1. The van der Waals surface area contributed by atoms with E-state index >= 15 is 0 Å². The Labute approximate surface area is 102 Å². The van der Waals surface area contributed by atoms with Gasteiger partial charge in [-0.25, -0.2) is 0 Å². The van der Waals surface area contributed by atoms with Crippen molar-refractivity contribution in [2.45, 2.75) is 42.6 Å². The summed E-state index contributed by atoms with van der Waals surface area (Å²) in [5.74, 6) is 0. The van der Waals surface area contributed by atoms with Gasteiger partial charge in [0.15, 0.2) is 0 Å². The van der Waals surface area contributed by atoms with Crippen LogP contribution in [0.25, 0.3) is 0 Å². The summed E-state index contributed by atoms with van der Waals surface area (Å²) >= 11 is 2.05. The maximum atomic E-state index is 5.87. The fraction of sp³-hybridized carbons (Fsp3) is 0.615. The van der Waals surface area contributed by atoms with Crippen LogP contribution in [-0.2, 0) is 0 Å². The second-order valence-electron chi connectivity index (χ2n) is 4.41. The van der Waals surface area contributed by atoms with Crippen molar-refractivity contribution in [2.75, 3.05) is 6.54 Å². The second-order valence-corrected chi connectivity index (χ2v) is 5.91. The highest BCUT2D eigenvalue weighted by molar-refractivity contribution is 8.00. The molecule has 0 bridgehead atoms. The fourth-order valence-corrected chi connectivity index (χ4v) is 3.75. The van der Waals surface area contributed by atoms with Gasteiger partial charge < -0.3 is 5.73 Å². The zero-order valence-corrected chi connectivity index (χ0v) is 10.5. The molecule has 1 aromatic heterocycles. The van der Waals surface area contributed by atoms with Crippen molar-refractivity contribution in [2.24, 2.45) is 5.73 Å². The molecule has 0 spiro atoms. The van der Waals surface area contributed by atoms with Crippen molar-refractivity contribution >= 4 is 11.8 Å². The summed E-state index contributed by atoms with van der Waals surface area (Å²) in [6, 6.07) is 4.14. The van der Waals surface area contributed by atoms with Gasteiger partial charge in [-0.05, 0) is 24.5 Å². The Bertz CT molecular complexity index is 296. The molecule has 1 heterocycles. The van der Waals surface area contributed by atoms with Crippen LogP contribution in [0.2, 0.25) is 0 Å². The van der Waals surface area contributed by atoms with E-state index in [-0.39, 0.29) is 0 Å². The first kappa shape index (κ1) is 11.9. The third-order valence-corrected chi connectivity index (χ3v) is 4.83. The van der Waals surface area contributed by atoms with Crippen molar-refractivity contribution in [3.63, 3.8) is 0 Å². The van der Waals surface area contributed by atoms with E-state index in [1.165, 1.54) is 37.7 Å². The molecule has 2 nitrogen and oxygen atoms in total. The molecule has 0 amide bonds. The third-order valence-electron chi connectivity index (χ3n) is 3.18. The van der Waals surface area contributed by atoms with Crippen LogP contribution < -0.4 is 5.73 Å². The average molecular weight is 236 g/mol. The molecule has 0 radical (unpaired) electrons. The number of rotatable bonds is 4.